The van der Waals surface area contributed by atoms with Crippen LogP contribution in [0.1, 0.15) is 18.5 Å². The molecule has 0 N–H and O–H groups in total. The maximum absolute atomic E-state index is 13.0. The zero-order valence-electron chi connectivity index (χ0n) is 14.8. The van der Waals surface area contributed by atoms with Crippen molar-refractivity contribution in [3.8, 4) is 5.75 Å². The zero-order chi connectivity index (χ0) is 18.5. The molecule has 26 heavy (non-hydrogen) atoms. The van der Waals surface area contributed by atoms with E-state index in [9.17, 15) is 8.42 Å². The average molecular weight is 396 g/mol. The van der Waals surface area contributed by atoms with Gasteiger partial charge >= 0.3 is 0 Å². The Labute approximate surface area is 158 Å². The summed E-state index contributed by atoms with van der Waals surface area (Å²) in [6.07, 6.45) is 3.48. The van der Waals surface area contributed by atoms with Crippen LogP contribution in [0.4, 0.5) is 0 Å². The second-order valence-corrected chi connectivity index (χ2v) is 9.48. The molecule has 0 bridgehead atoms. The molecule has 0 unspecified atom stereocenters. The fraction of sp³-hybridized carbons (Fsp3) is 0.500. The summed E-state index contributed by atoms with van der Waals surface area (Å²) in [6, 6.07) is 7.43. The van der Waals surface area contributed by atoms with E-state index < -0.39 is 10.0 Å². The molecule has 2 aliphatic rings. The van der Waals surface area contributed by atoms with Crippen molar-refractivity contribution in [2.45, 2.75) is 30.8 Å². The third kappa shape index (κ3) is 3.02. The molecule has 1 aromatic carbocycles. The van der Waals surface area contributed by atoms with E-state index in [1.807, 2.05) is 18.2 Å². The van der Waals surface area contributed by atoms with E-state index in [0.29, 0.717) is 40.4 Å². The van der Waals surface area contributed by atoms with E-state index >= 15 is 0 Å². The third-order valence-corrected chi connectivity index (χ3v) is 7.71. The van der Waals surface area contributed by atoms with Crippen molar-refractivity contribution in [1.29, 1.82) is 0 Å². The summed E-state index contributed by atoms with van der Waals surface area (Å²) in [5.74, 6) is 1.19. The van der Waals surface area contributed by atoms with Gasteiger partial charge < -0.3 is 4.74 Å². The van der Waals surface area contributed by atoms with E-state index in [1.54, 1.807) is 35.2 Å². The van der Waals surface area contributed by atoms with Crippen molar-refractivity contribution in [2.75, 3.05) is 13.1 Å². The fourth-order valence-electron chi connectivity index (χ4n) is 4.19. The Morgan fingerprint density at radius 3 is 2.69 bits per heavy atom. The third-order valence-electron chi connectivity index (χ3n) is 5.46. The molecule has 140 valence electrons. The lowest BCUT2D eigenvalue weighted by atomic mass is 9.99. The van der Waals surface area contributed by atoms with Crippen LogP contribution in [-0.2, 0) is 17.1 Å². The Morgan fingerprint density at radius 2 is 2.00 bits per heavy atom. The molecule has 2 aromatic rings. The molecular formula is C18H22ClN3O3S. The van der Waals surface area contributed by atoms with Crippen molar-refractivity contribution >= 4 is 21.6 Å². The zero-order valence-corrected chi connectivity index (χ0v) is 16.4. The van der Waals surface area contributed by atoms with Crippen LogP contribution in [0.25, 0.3) is 0 Å². The lowest BCUT2D eigenvalue weighted by molar-refractivity contribution is 0.155. The average Bonchev–Trinajstić information content (AvgIpc) is 3.25. The lowest BCUT2D eigenvalue weighted by Crippen LogP contribution is -2.32. The van der Waals surface area contributed by atoms with Gasteiger partial charge in [-0.25, -0.2) is 8.42 Å². The molecule has 0 spiro atoms. The molecular weight excluding hydrogens is 374 g/mol. The van der Waals surface area contributed by atoms with Gasteiger partial charge in [0.1, 0.15) is 16.7 Å². The van der Waals surface area contributed by atoms with Gasteiger partial charge in [0, 0.05) is 32.3 Å². The Morgan fingerprint density at radius 1 is 1.23 bits per heavy atom. The Bertz CT molecular complexity index is 928. The first-order valence-electron chi connectivity index (χ1n) is 8.78. The van der Waals surface area contributed by atoms with Crippen molar-refractivity contribution in [2.24, 2.45) is 18.9 Å². The van der Waals surface area contributed by atoms with Crippen LogP contribution in [0.2, 0.25) is 5.02 Å². The molecule has 2 heterocycles. The summed E-state index contributed by atoms with van der Waals surface area (Å²) in [4.78, 5) is 0.295. The van der Waals surface area contributed by atoms with Crippen LogP contribution in [0, 0.1) is 18.8 Å². The highest BCUT2D eigenvalue weighted by Crippen LogP contribution is 2.42. The number of ether oxygens (including phenoxy) is 1. The quantitative estimate of drug-likeness (QED) is 0.798. The molecule has 3 atom stereocenters. The molecule has 1 aliphatic heterocycles. The monoisotopic (exact) mass is 395 g/mol. The number of aromatic nitrogens is 2. The number of aryl methyl sites for hydroxylation is 2. The van der Waals surface area contributed by atoms with Crippen LogP contribution < -0.4 is 4.74 Å². The summed E-state index contributed by atoms with van der Waals surface area (Å²) in [7, 11) is -1.79. The van der Waals surface area contributed by atoms with Crippen molar-refractivity contribution in [3.05, 3.63) is 41.2 Å². The summed E-state index contributed by atoms with van der Waals surface area (Å²) < 4.78 is 35.3. The van der Waals surface area contributed by atoms with Gasteiger partial charge in [-0.2, -0.15) is 9.40 Å². The highest BCUT2D eigenvalue weighted by atomic mass is 35.5. The van der Waals surface area contributed by atoms with Crippen LogP contribution in [-0.4, -0.2) is 41.7 Å². The SMILES string of the molecule is Cc1nn(C)cc1S(=O)(=O)N1C[C@@H]2CC[C@H](Oc3ccccc3Cl)[C@@H]2C1. The molecule has 0 radical (unpaired) electrons. The predicted octanol–water partition coefficient (Wildman–Crippen LogP) is 2.86. The van der Waals surface area contributed by atoms with Crippen LogP contribution in [0.5, 0.6) is 5.75 Å². The number of fused-ring (bicyclic) bond motifs is 1. The first-order valence-corrected chi connectivity index (χ1v) is 10.6. The molecule has 1 saturated heterocycles. The molecule has 8 heteroatoms. The number of rotatable bonds is 4. The van der Waals surface area contributed by atoms with Gasteiger partial charge in [-0.3, -0.25) is 4.68 Å². The largest absolute Gasteiger partial charge is 0.489 e. The number of hydrogen-bond donors (Lipinski definition) is 0. The Balaban J connectivity index is 1.53. The van der Waals surface area contributed by atoms with Crippen molar-refractivity contribution < 1.29 is 13.2 Å². The van der Waals surface area contributed by atoms with E-state index in [0.717, 1.165) is 12.8 Å². The van der Waals surface area contributed by atoms with Crippen LogP contribution in [0.15, 0.2) is 35.4 Å². The van der Waals surface area contributed by atoms with E-state index in [1.165, 1.54) is 0 Å². The molecule has 1 aliphatic carbocycles. The van der Waals surface area contributed by atoms with Gasteiger partial charge in [0.05, 0.1) is 10.7 Å². The van der Waals surface area contributed by atoms with Gasteiger partial charge in [-0.15, -0.1) is 0 Å². The number of nitrogens with zero attached hydrogens (tertiary/aromatic N) is 3. The number of hydrogen-bond acceptors (Lipinski definition) is 4. The van der Waals surface area contributed by atoms with Gasteiger partial charge in [0.25, 0.3) is 0 Å². The number of halogens is 1. The highest BCUT2D eigenvalue weighted by Gasteiger charge is 2.48. The van der Waals surface area contributed by atoms with E-state index in [4.69, 9.17) is 16.3 Å². The molecule has 1 saturated carbocycles. The fourth-order valence-corrected chi connectivity index (χ4v) is 6.11. The smallest absolute Gasteiger partial charge is 0.246 e. The standard InChI is InChI=1S/C18H22ClN3O3S/c1-12-18(11-21(2)20-12)26(23,24)22-9-13-7-8-16(14(13)10-22)25-17-6-4-3-5-15(17)19/h3-6,11,13-14,16H,7-10H2,1-2H3/t13-,14+,16-/m0/s1. The molecule has 4 rings (SSSR count). The van der Waals surface area contributed by atoms with Crippen LogP contribution in [0.3, 0.4) is 0 Å². The van der Waals surface area contributed by atoms with Gasteiger partial charge in [0.2, 0.25) is 10.0 Å². The van der Waals surface area contributed by atoms with Crippen LogP contribution >= 0.6 is 11.6 Å². The molecule has 2 fully saturated rings. The maximum atomic E-state index is 13.0. The predicted molar refractivity (Wildman–Crippen MR) is 98.8 cm³/mol. The van der Waals surface area contributed by atoms with Gasteiger partial charge in [-0.1, -0.05) is 23.7 Å². The minimum atomic E-state index is -3.53. The number of para-hydroxylation sites is 1. The van der Waals surface area contributed by atoms with Gasteiger partial charge in [0.15, 0.2) is 0 Å². The topological polar surface area (TPSA) is 64.4 Å². The Kier molecular flexibility index (Phi) is 4.49. The van der Waals surface area contributed by atoms with E-state index in [-0.39, 0.29) is 12.0 Å². The number of sulfonamides is 1. The molecule has 0 amide bonds. The second kappa shape index (κ2) is 6.55. The first kappa shape index (κ1) is 17.8. The Hall–Kier alpha value is -1.57. The maximum Gasteiger partial charge on any atom is 0.246 e. The number of benzene rings is 1. The van der Waals surface area contributed by atoms with E-state index in [2.05, 4.69) is 5.10 Å². The summed E-state index contributed by atoms with van der Waals surface area (Å²) in [6.45, 7) is 2.76. The minimum Gasteiger partial charge on any atom is -0.489 e. The molecule has 1 aromatic heterocycles. The normalized spacial score (nSPS) is 26.2. The highest BCUT2D eigenvalue weighted by molar-refractivity contribution is 7.89. The second-order valence-electron chi connectivity index (χ2n) is 7.16. The lowest BCUT2D eigenvalue weighted by Gasteiger charge is -2.22. The minimum absolute atomic E-state index is 0.00454. The molecule has 6 nitrogen and oxygen atoms in total. The van der Waals surface area contributed by atoms with Gasteiger partial charge in [-0.05, 0) is 37.8 Å². The summed E-state index contributed by atoms with van der Waals surface area (Å²) in [5, 5.41) is 4.76. The summed E-state index contributed by atoms with van der Waals surface area (Å²) in [5.41, 5.74) is 0.536. The summed E-state index contributed by atoms with van der Waals surface area (Å²) >= 11 is 6.21. The van der Waals surface area contributed by atoms with Crippen molar-refractivity contribution in [1.82, 2.24) is 14.1 Å². The first-order chi connectivity index (χ1) is 12.4. The van der Waals surface area contributed by atoms with Crippen molar-refractivity contribution in [3.63, 3.8) is 0 Å².